The average Bonchev–Trinajstić information content (AvgIpc) is 2.48. The Morgan fingerprint density at radius 3 is 2.81 bits per heavy atom. The number of aromatic nitrogens is 2. The molecule has 110 valence electrons. The number of halogens is 1. The Morgan fingerprint density at radius 2 is 2.19 bits per heavy atom. The molecular weight excluding hydrogens is 293 g/mol. The SMILES string of the molecule is CCOc1ccc(F)cc1C(=O)c1cnc(SC)nc1N. The maximum absolute atomic E-state index is 13.4. The topological polar surface area (TPSA) is 78.1 Å². The van der Waals surface area contributed by atoms with E-state index in [9.17, 15) is 9.18 Å². The second kappa shape index (κ2) is 6.53. The molecule has 7 heteroatoms. The molecule has 0 saturated carbocycles. The zero-order chi connectivity index (χ0) is 15.4. The smallest absolute Gasteiger partial charge is 0.202 e. The lowest BCUT2D eigenvalue weighted by Gasteiger charge is -2.10. The van der Waals surface area contributed by atoms with Crippen LogP contribution in [0, 0.1) is 5.82 Å². The number of nitrogen functional groups attached to an aromatic ring is 1. The standard InChI is InChI=1S/C14H14FN3O2S/c1-3-20-11-5-4-8(15)6-9(11)12(19)10-7-17-14(21-2)18-13(10)16/h4-7H,3H2,1-2H3,(H2,16,17,18). The largest absolute Gasteiger partial charge is 0.493 e. The summed E-state index contributed by atoms with van der Waals surface area (Å²) in [6.07, 6.45) is 3.15. The zero-order valence-corrected chi connectivity index (χ0v) is 12.4. The minimum Gasteiger partial charge on any atom is -0.493 e. The molecule has 0 radical (unpaired) electrons. The molecule has 0 spiro atoms. The number of carbonyl (C=O) groups excluding carboxylic acids is 1. The quantitative estimate of drug-likeness (QED) is 0.519. The van der Waals surface area contributed by atoms with Crippen LogP contribution in [0.2, 0.25) is 0 Å². The molecule has 1 aromatic carbocycles. The van der Waals surface area contributed by atoms with E-state index in [-0.39, 0.29) is 16.9 Å². The van der Waals surface area contributed by atoms with Gasteiger partial charge < -0.3 is 10.5 Å². The first kappa shape index (κ1) is 15.2. The Kier molecular flexibility index (Phi) is 4.74. The van der Waals surface area contributed by atoms with E-state index in [1.54, 1.807) is 13.2 Å². The molecule has 0 aliphatic rings. The number of benzene rings is 1. The second-order valence-electron chi connectivity index (χ2n) is 4.06. The number of ketones is 1. The summed E-state index contributed by atoms with van der Waals surface area (Å²) in [5.74, 6) is -0.631. The van der Waals surface area contributed by atoms with Crippen LogP contribution in [0.3, 0.4) is 0 Å². The number of nitrogens with zero attached hydrogens (tertiary/aromatic N) is 2. The van der Waals surface area contributed by atoms with Gasteiger partial charge in [0.05, 0.1) is 17.7 Å². The fraction of sp³-hybridized carbons (Fsp3) is 0.214. The monoisotopic (exact) mass is 307 g/mol. The van der Waals surface area contributed by atoms with E-state index in [4.69, 9.17) is 10.5 Å². The Labute approximate surface area is 125 Å². The lowest BCUT2D eigenvalue weighted by atomic mass is 10.0. The summed E-state index contributed by atoms with van der Waals surface area (Å²) in [6, 6.07) is 3.77. The van der Waals surface area contributed by atoms with Crippen molar-refractivity contribution in [3.8, 4) is 5.75 Å². The highest BCUT2D eigenvalue weighted by molar-refractivity contribution is 7.98. The van der Waals surface area contributed by atoms with Crippen LogP contribution in [0.1, 0.15) is 22.8 Å². The van der Waals surface area contributed by atoms with Gasteiger partial charge in [-0.1, -0.05) is 11.8 Å². The van der Waals surface area contributed by atoms with Crippen LogP contribution in [0.4, 0.5) is 10.2 Å². The van der Waals surface area contributed by atoms with Gasteiger partial charge in [-0.05, 0) is 31.4 Å². The first-order valence-electron chi connectivity index (χ1n) is 6.20. The fourth-order valence-corrected chi connectivity index (χ4v) is 2.11. The van der Waals surface area contributed by atoms with Crippen molar-refractivity contribution in [3.63, 3.8) is 0 Å². The van der Waals surface area contributed by atoms with Crippen molar-refractivity contribution in [2.45, 2.75) is 12.1 Å². The van der Waals surface area contributed by atoms with Crippen LogP contribution in [0.25, 0.3) is 0 Å². The van der Waals surface area contributed by atoms with E-state index < -0.39 is 11.6 Å². The van der Waals surface area contributed by atoms with Crippen molar-refractivity contribution < 1.29 is 13.9 Å². The molecule has 1 heterocycles. The Hall–Kier alpha value is -2.15. The molecule has 2 rings (SSSR count). The van der Waals surface area contributed by atoms with Crippen LogP contribution in [-0.4, -0.2) is 28.6 Å². The first-order valence-corrected chi connectivity index (χ1v) is 7.42. The number of hydrogen-bond acceptors (Lipinski definition) is 6. The molecule has 21 heavy (non-hydrogen) atoms. The molecule has 5 nitrogen and oxygen atoms in total. The minimum atomic E-state index is -0.526. The van der Waals surface area contributed by atoms with E-state index in [0.29, 0.717) is 17.5 Å². The van der Waals surface area contributed by atoms with Crippen molar-refractivity contribution in [1.82, 2.24) is 9.97 Å². The lowest BCUT2D eigenvalue weighted by molar-refractivity contribution is 0.103. The highest BCUT2D eigenvalue weighted by Crippen LogP contribution is 2.25. The van der Waals surface area contributed by atoms with Gasteiger partial charge in [0.15, 0.2) is 5.16 Å². The van der Waals surface area contributed by atoms with Gasteiger partial charge in [-0.2, -0.15) is 0 Å². The van der Waals surface area contributed by atoms with Gasteiger partial charge in [0.2, 0.25) is 5.78 Å². The van der Waals surface area contributed by atoms with Crippen molar-refractivity contribution in [3.05, 3.63) is 41.3 Å². The first-order chi connectivity index (χ1) is 10.1. The van der Waals surface area contributed by atoms with Gasteiger partial charge in [0.25, 0.3) is 0 Å². The van der Waals surface area contributed by atoms with E-state index in [1.165, 1.54) is 30.1 Å². The molecule has 0 atom stereocenters. The van der Waals surface area contributed by atoms with Gasteiger partial charge >= 0.3 is 0 Å². The third-order valence-corrected chi connectivity index (χ3v) is 3.27. The number of nitrogens with two attached hydrogens (primary N) is 1. The molecular formula is C14H14FN3O2S. The molecule has 2 aromatic rings. The lowest BCUT2D eigenvalue weighted by Crippen LogP contribution is -2.11. The van der Waals surface area contributed by atoms with E-state index in [0.717, 1.165) is 6.07 Å². The minimum absolute atomic E-state index is 0.0612. The van der Waals surface area contributed by atoms with Crippen molar-refractivity contribution in [1.29, 1.82) is 0 Å². The van der Waals surface area contributed by atoms with E-state index >= 15 is 0 Å². The molecule has 0 aliphatic carbocycles. The normalized spacial score (nSPS) is 10.4. The van der Waals surface area contributed by atoms with Gasteiger partial charge in [0, 0.05) is 6.20 Å². The molecule has 0 unspecified atom stereocenters. The van der Waals surface area contributed by atoms with Crippen LogP contribution in [0.5, 0.6) is 5.75 Å². The average molecular weight is 307 g/mol. The summed E-state index contributed by atoms with van der Waals surface area (Å²) in [4.78, 5) is 20.5. The molecule has 1 aromatic heterocycles. The third kappa shape index (κ3) is 3.30. The Bertz CT molecular complexity index is 679. The van der Waals surface area contributed by atoms with Gasteiger partial charge in [-0.25, -0.2) is 14.4 Å². The summed E-state index contributed by atoms with van der Waals surface area (Å²) in [6.45, 7) is 2.14. The van der Waals surface area contributed by atoms with Crippen molar-refractivity contribution in [2.24, 2.45) is 0 Å². The summed E-state index contributed by atoms with van der Waals surface area (Å²) >= 11 is 1.31. The predicted molar refractivity (Wildman–Crippen MR) is 79.2 cm³/mol. The highest BCUT2D eigenvalue weighted by Gasteiger charge is 2.19. The van der Waals surface area contributed by atoms with Crippen LogP contribution >= 0.6 is 11.8 Å². The van der Waals surface area contributed by atoms with E-state index in [1.807, 2.05) is 0 Å². The third-order valence-electron chi connectivity index (χ3n) is 2.71. The van der Waals surface area contributed by atoms with Gasteiger partial charge in [0.1, 0.15) is 17.4 Å². The number of rotatable bonds is 5. The van der Waals surface area contributed by atoms with Crippen molar-refractivity contribution >= 4 is 23.4 Å². The molecule has 0 aliphatic heterocycles. The molecule has 0 saturated heterocycles. The Balaban J connectivity index is 2.46. The van der Waals surface area contributed by atoms with Gasteiger partial charge in [-0.15, -0.1) is 0 Å². The molecule has 0 bridgehead atoms. The number of anilines is 1. The van der Waals surface area contributed by atoms with E-state index in [2.05, 4.69) is 9.97 Å². The summed E-state index contributed by atoms with van der Waals surface area (Å²) in [5, 5.41) is 0.466. The molecule has 0 fully saturated rings. The molecule has 0 amide bonds. The maximum atomic E-state index is 13.4. The highest BCUT2D eigenvalue weighted by atomic mass is 32.2. The number of ether oxygens (including phenoxy) is 1. The van der Waals surface area contributed by atoms with Crippen molar-refractivity contribution in [2.75, 3.05) is 18.6 Å². The number of hydrogen-bond donors (Lipinski definition) is 1. The molecule has 2 N–H and O–H groups in total. The summed E-state index contributed by atoms with van der Waals surface area (Å²) in [7, 11) is 0. The van der Waals surface area contributed by atoms with Crippen LogP contribution < -0.4 is 10.5 Å². The summed E-state index contributed by atoms with van der Waals surface area (Å²) < 4.78 is 18.8. The zero-order valence-electron chi connectivity index (χ0n) is 11.6. The van der Waals surface area contributed by atoms with Crippen LogP contribution in [-0.2, 0) is 0 Å². The number of carbonyl (C=O) groups is 1. The second-order valence-corrected chi connectivity index (χ2v) is 4.83. The number of thioether (sulfide) groups is 1. The summed E-state index contributed by atoms with van der Waals surface area (Å²) in [5.41, 5.74) is 6.00. The maximum Gasteiger partial charge on any atom is 0.202 e. The predicted octanol–water partition coefficient (Wildman–Crippen LogP) is 2.55. The van der Waals surface area contributed by atoms with Crippen LogP contribution in [0.15, 0.2) is 29.6 Å². The Morgan fingerprint density at radius 1 is 1.43 bits per heavy atom. The fourth-order valence-electron chi connectivity index (χ4n) is 1.76. The van der Waals surface area contributed by atoms with Gasteiger partial charge in [-0.3, -0.25) is 4.79 Å².